The molecule has 2 aromatic carbocycles. The molecule has 1 aliphatic heterocycles. The highest BCUT2D eigenvalue weighted by Gasteiger charge is 2.34. The number of amides is 2. The van der Waals surface area contributed by atoms with Gasteiger partial charge in [-0.15, -0.1) is 0 Å². The van der Waals surface area contributed by atoms with Crippen LogP contribution in [0.4, 0.5) is 10.5 Å². The molecule has 0 aliphatic carbocycles. The van der Waals surface area contributed by atoms with Gasteiger partial charge in [-0.3, -0.25) is 14.5 Å². The minimum atomic E-state index is -0.256. The Bertz CT molecular complexity index is 815. The summed E-state index contributed by atoms with van der Waals surface area (Å²) in [5.41, 5.74) is 4.09. The number of nitrogens with one attached hydrogen (secondary N) is 1. The monoisotopic (exact) mass is 338 g/mol. The van der Waals surface area contributed by atoms with Gasteiger partial charge >= 0.3 is 0 Å². The van der Waals surface area contributed by atoms with Crippen LogP contribution < -0.4 is 5.32 Å². The highest BCUT2D eigenvalue weighted by molar-refractivity contribution is 8.18. The number of nitrogens with zero attached hydrogens (tertiary/aromatic N) is 1. The van der Waals surface area contributed by atoms with Crippen molar-refractivity contribution in [1.82, 2.24) is 4.90 Å². The van der Waals surface area contributed by atoms with Crippen molar-refractivity contribution in [3.05, 3.63) is 70.1 Å². The number of imide groups is 1. The van der Waals surface area contributed by atoms with Gasteiger partial charge in [0.25, 0.3) is 11.1 Å². The minimum Gasteiger partial charge on any atom is -0.367 e. The molecule has 2 amide bonds. The van der Waals surface area contributed by atoms with Crippen LogP contribution in [0.5, 0.6) is 0 Å². The number of thioether (sulfide) groups is 1. The molecule has 1 N–H and O–H groups in total. The van der Waals surface area contributed by atoms with Crippen LogP contribution in [0, 0.1) is 13.8 Å². The molecule has 1 fully saturated rings. The Morgan fingerprint density at radius 2 is 1.83 bits per heavy atom. The van der Waals surface area contributed by atoms with Crippen molar-refractivity contribution >= 4 is 34.7 Å². The van der Waals surface area contributed by atoms with E-state index in [2.05, 4.69) is 11.4 Å². The van der Waals surface area contributed by atoms with Gasteiger partial charge in [0.05, 0.1) is 11.6 Å². The quantitative estimate of drug-likeness (QED) is 0.839. The van der Waals surface area contributed by atoms with Gasteiger partial charge < -0.3 is 5.32 Å². The van der Waals surface area contributed by atoms with E-state index in [1.54, 1.807) is 6.08 Å². The third kappa shape index (κ3) is 3.51. The van der Waals surface area contributed by atoms with Gasteiger partial charge in [0, 0.05) is 5.69 Å². The largest absolute Gasteiger partial charge is 0.367 e. The van der Waals surface area contributed by atoms with Crippen molar-refractivity contribution in [3.8, 4) is 0 Å². The van der Waals surface area contributed by atoms with Crippen molar-refractivity contribution in [2.24, 2.45) is 0 Å². The maximum atomic E-state index is 12.5. The van der Waals surface area contributed by atoms with Crippen LogP contribution in [0.25, 0.3) is 6.08 Å². The molecule has 0 atom stereocenters. The number of benzene rings is 2. The fraction of sp³-hybridized carbons (Fsp3) is 0.158. The molecule has 0 saturated carbocycles. The Hall–Kier alpha value is -2.53. The van der Waals surface area contributed by atoms with E-state index >= 15 is 0 Å². The minimum absolute atomic E-state index is 0.166. The highest BCUT2D eigenvalue weighted by atomic mass is 32.2. The molecule has 0 spiro atoms. The summed E-state index contributed by atoms with van der Waals surface area (Å²) >= 11 is 0.983. The van der Waals surface area contributed by atoms with Gasteiger partial charge in [-0.05, 0) is 54.9 Å². The summed E-state index contributed by atoms with van der Waals surface area (Å²) in [4.78, 5) is 26.3. The van der Waals surface area contributed by atoms with Crippen molar-refractivity contribution in [3.63, 3.8) is 0 Å². The average Bonchev–Trinajstić information content (AvgIpc) is 2.83. The normalized spacial score (nSPS) is 16.1. The van der Waals surface area contributed by atoms with Crippen LogP contribution in [0.1, 0.15) is 16.7 Å². The van der Waals surface area contributed by atoms with Gasteiger partial charge in [-0.25, -0.2) is 0 Å². The lowest BCUT2D eigenvalue weighted by Crippen LogP contribution is -2.33. The number of hydrogen-bond donors (Lipinski definition) is 1. The van der Waals surface area contributed by atoms with Crippen LogP contribution in [0.2, 0.25) is 0 Å². The Balaban J connectivity index is 1.75. The highest BCUT2D eigenvalue weighted by Crippen LogP contribution is 2.32. The second kappa shape index (κ2) is 6.93. The Labute approximate surface area is 145 Å². The molecule has 0 bridgehead atoms. The number of anilines is 1. The zero-order valence-corrected chi connectivity index (χ0v) is 14.4. The molecule has 24 heavy (non-hydrogen) atoms. The van der Waals surface area contributed by atoms with Crippen LogP contribution in [-0.4, -0.2) is 22.7 Å². The van der Waals surface area contributed by atoms with E-state index in [1.807, 2.05) is 56.3 Å². The van der Waals surface area contributed by atoms with Crippen LogP contribution in [0.15, 0.2) is 53.4 Å². The topological polar surface area (TPSA) is 49.4 Å². The molecule has 5 heteroatoms. The number of carbonyl (C=O) groups is 2. The van der Waals surface area contributed by atoms with Crippen LogP contribution >= 0.6 is 11.8 Å². The zero-order chi connectivity index (χ0) is 17.1. The number of carbonyl (C=O) groups excluding carboxylic acids is 2. The van der Waals surface area contributed by atoms with Crippen molar-refractivity contribution in [2.75, 3.05) is 12.0 Å². The van der Waals surface area contributed by atoms with Gasteiger partial charge in [0.15, 0.2) is 0 Å². The predicted molar refractivity (Wildman–Crippen MR) is 98.7 cm³/mol. The molecular formula is C19H18N2O2S. The van der Waals surface area contributed by atoms with Crippen molar-refractivity contribution < 1.29 is 9.59 Å². The summed E-state index contributed by atoms with van der Waals surface area (Å²) in [5, 5.41) is 2.84. The molecule has 1 heterocycles. The second-order valence-corrected chi connectivity index (χ2v) is 6.66. The summed E-state index contributed by atoms with van der Waals surface area (Å²) in [6.07, 6.45) is 1.79. The Morgan fingerprint density at radius 1 is 1.08 bits per heavy atom. The molecule has 0 unspecified atom stereocenters. The van der Waals surface area contributed by atoms with E-state index in [1.165, 1.54) is 10.5 Å². The second-order valence-electron chi connectivity index (χ2n) is 5.67. The Morgan fingerprint density at radius 3 is 2.54 bits per heavy atom. The fourth-order valence-corrected chi connectivity index (χ4v) is 3.32. The van der Waals surface area contributed by atoms with E-state index in [-0.39, 0.29) is 17.8 Å². The molecule has 122 valence electrons. The number of para-hydroxylation sites is 1. The first kappa shape index (κ1) is 16.3. The Kier molecular flexibility index (Phi) is 4.71. The molecule has 1 saturated heterocycles. The summed E-state index contributed by atoms with van der Waals surface area (Å²) in [6.45, 7) is 4.19. The molecule has 3 rings (SSSR count). The first-order chi connectivity index (χ1) is 11.5. The van der Waals surface area contributed by atoms with E-state index in [9.17, 15) is 9.59 Å². The maximum absolute atomic E-state index is 12.5. The smallest absolute Gasteiger partial charge is 0.295 e. The van der Waals surface area contributed by atoms with Gasteiger partial charge in [-0.2, -0.15) is 0 Å². The lowest BCUT2D eigenvalue weighted by Gasteiger charge is -2.14. The summed E-state index contributed by atoms with van der Waals surface area (Å²) in [6, 6.07) is 15.5. The average molecular weight is 338 g/mol. The predicted octanol–water partition coefficient (Wildman–Crippen LogP) is 4.41. The molecule has 0 radical (unpaired) electrons. The molecular weight excluding hydrogens is 320 g/mol. The number of rotatable bonds is 4. The maximum Gasteiger partial charge on any atom is 0.295 e. The van der Waals surface area contributed by atoms with Gasteiger partial charge in [0.1, 0.15) is 0 Å². The van der Waals surface area contributed by atoms with Crippen LogP contribution in [0.3, 0.4) is 0 Å². The van der Waals surface area contributed by atoms with E-state index in [0.29, 0.717) is 4.91 Å². The lowest BCUT2D eigenvalue weighted by atomic mass is 10.1. The number of hydrogen-bond acceptors (Lipinski definition) is 4. The zero-order valence-electron chi connectivity index (χ0n) is 13.6. The third-order valence-electron chi connectivity index (χ3n) is 3.80. The van der Waals surface area contributed by atoms with Gasteiger partial charge in [0.2, 0.25) is 0 Å². The fourth-order valence-electron chi connectivity index (χ4n) is 2.49. The first-order valence-electron chi connectivity index (χ1n) is 7.66. The van der Waals surface area contributed by atoms with Gasteiger partial charge in [-0.1, -0.05) is 42.0 Å². The van der Waals surface area contributed by atoms with Crippen molar-refractivity contribution in [1.29, 1.82) is 0 Å². The number of aryl methyl sites for hydroxylation is 2. The third-order valence-corrected chi connectivity index (χ3v) is 4.71. The summed E-state index contributed by atoms with van der Waals surface area (Å²) in [5.74, 6) is -0.256. The van der Waals surface area contributed by atoms with Crippen molar-refractivity contribution in [2.45, 2.75) is 13.8 Å². The van der Waals surface area contributed by atoms with E-state index in [4.69, 9.17) is 0 Å². The first-order valence-corrected chi connectivity index (χ1v) is 8.48. The molecule has 4 nitrogen and oxygen atoms in total. The SMILES string of the molecule is Cc1ccc(C=C2SC(=O)N(CNc3ccccc3)C2=O)c(C)c1. The summed E-state index contributed by atoms with van der Waals surface area (Å²) < 4.78 is 0. The van der Waals surface area contributed by atoms with Crippen LogP contribution in [-0.2, 0) is 4.79 Å². The molecule has 2 aromatic rings. The van der Waals surface area contributed by atoms with E-state index < -0.39 is 0 Å². The van der Waals surface area contributed by atoms with E-state index in [0.717, 1.165) is 28.6 Å². The molecule has 1 aliphatic rings. The molecule has 0 aromatic heterocycles. The lowest BCUT2D eigenvalue weighted by molar-refractivity contribution is -0.122. The standard InChI is InChI=1S/C19H18N2O2S/c1-13-8-9-15(14(2)10-13)11-17-18(22)21(19(23)24-17)12-20-16-6-4-3-5-7-16/h3-11,20H,12H2,1-2H3. The summed E-state index contributed by atoms with van der Waals surface area (Å²) in [7, 11) is 0.